The maximum Gasteiger partial charge on any atom is 4.00 e. The summed E-state index contributed by atoms with van der Waals surface area (Å²) in [6.07, 6.45) is 7.17. The number of rotatable bonds is 12. The maximum absolute atomic E-state index is 10.9. The van der Waals surface area contributed by atoms with E-state index in [1.165, 1.54) is 38.5 Å². The fraction of sp³-hybridized carbons (Fsp3) is 0.800. The van der Waals surface area contributed by atoms with Gasteiger partial charge in [0.15, 0.2) is 0 Å². The third-order valence-corrected chi connectivity index (χ3v) is 4.55. The van der Waals surface area contributed by atoms with Crippen molar-refractivity contribution in [3.63, 3.8) is 0 Å². The topological polar surface area (TPSA) is 42.3 Å². The second-order valence-corrected chi connectivity index (χ2v) is 10.6. The molecule has 0 aromatic heterocycles. The van der Waals surface area contributed by atoms with Crippen molar-refractivity contribution in [3.8, 4) is 0 Å². The smallest absolute Gasteiger partial charge is 0.214 e. The molecule has 1 radical (unpaired) electrons. The van der Waals surface area contributed by atoms with Crippen molar-refractivity contribution in [3.05, 3.63) is 46.3 Å². The van der Waals surface area contributed by atoms with Crippen LogP contribution in [0.4, 0.5) is 26.3 Å². The standard InChI is InChI=1S/3C6H14N.C5H5.C2HF6Ge.Hf/c3*1-3-5-7-6-4-2;1-2-4-5-3-1;3-1(4,5)9-2(6,7)8;/h3*3-6H2,1-2H3;1-5H;9H;/q4*-1;;+4. The van der Waals surface area contributed by atoms with Gasteiger partial charge in [0.1, 0.15) is 0 Å². The fourth-order valence-electron chi connectivity index (χ4n) is 1.79. The van der Waals surface area contributed by atoms with Gasteiger partial charge in [0.05, 0.1) is 0 Å². The molecule has 0 spiro atoms. The van der Waals surface area contributed by atoms with Crippen molar-refractivity contribution in [1.29, 1.82) is 0 Å². The van der Waals surface area contributed by atoms with Crippen molar-refractivity contribution in [2.75, 3.05) is 39.3 Å². The predicted octanol–water partition coefficient (Wildman–Crippen LogP) is 9.41. The Hall–Kier alpha value is 0.223. The van der Waals surface area contributed by atoms with Gasteiger partial charge in [-0.1, -0.05) is 80.1 Å². The summed E-state index contributed by atoms with van der Waals surface area (Å²) in [5.41, 5.74) is 0. The summed E-state index contributed by atoms with van der Waals surface area (Å²) in [6, 6.07) is 10.0. The number of halogens is 6. The Morgan fingerprint density at radius 3 is 0.833 bits per heavy atom. The summed E-state index contributed by atoms with van der Waals surface area (Å²) in [4.78, 5) is 0. The zero-order chi connectivity index (χ0) is 27.8. The third-order valence-electron chi connectivity index (χ3n) is 3.17. The number of hydrogen-bond donors (Lipinski definition) is 0. The molecule has 0 bridgehead atoms. The van der Waals surface area contributed by atoms with Crippen LogP contribution in [-0.4, -0.2) is 64.7 Å². The number of hydrogen-bond acceptors (Lipinski definition) is 0. The van der Waals surface area contributed by atoms with E-state index in [0.29, 0.717) is 0 Å². The Kier molecular flexibility index (Phi) is 47.9. The van der Waals surface area contributed by atoms with Gasteiger partial charge in [-0.25, -0.2) is 12.1 Å². The van der Waals surface area contributed by atoms with Crippen LogP contribution < -0.4 is 0 Å². The van der Waals surface area contributed by atoms with Gasteiger partial charge in [-0.05, 0) is 0 Å². The van der Waals surface area contributed by atoms with Crippen molar-refractivity contribution < 1.29 is 52.2 Å². The van der Waals surface area contributed by atoms with E-state index < -0.39 is 25.4 Å². The Bertz CT molecular complexity index is 383. The second kappa shape index (κ2) is 37.4. The normalized spacial score (nSPS) is 10.1. The molecule has 11 heteroatoms. The molecule has 0 saturated carbocycles. The molecule has 0 aliphatic carbocycles. The first kappa shape index (κ1) is 46.1. The van der Waals surface area contributed by atoms with Crippen LogP contribution in [0.3, 0.4) is 0 Å². The van der Waals surface area contributed by atoms with E-state index in [2.05, 4.69) is 57.5 Å². The average Bonchev–Trinajstić information content (AvgIpc) is 3.34. The molecule has 213 valence electrons. The van der Waals surface area contributed by atoms with Gasteiger partial charge < -0.3 is 16.0 Å². The van der Waals surface area contributed by atoms with Gasteiger partial charge in [0.25, 0.3) is 0 Å². The van der Waals surface area contributed by atoms with Crippen molar-refractivity contribution in [1.82, 2.24) is 0 Å². The number of alkyl halides is 6. The van der Waals surface area contributed by atoms with E-state index in [4.69, 9.17) is 0 Å². The zero-order valence-corrected chi connectivity index (χ0v) is 29.1. The number of nitrogens with zero attached hydrogens (tertiary/aromatic N) is 3. The molecule has 1 aromatic rings. The summed E-state index contributed by atoms with van der Waals surface area (Å²) in [7, 11) is 0. The molecule has 0 aliphatic heterocycles. The molecular formula is C25H48F6GeHfN3. The monoisotopic (exact) mass is 758 g/mol. The van der Waals surface area contributed by atoms with E-state index >= 15 is 0 Å². The first-order valence-electron chi connectivity index (χ1n) is 12.5. The SMILES string of the molecule is CCC[N-]CCC.CCC[N-]CCC.CCC[N-]CCC.F[C](F)(F)[GeH][C](F)(F)F.[Hf+4].c1cc[cH-]c1. The van der Waals surface area contributed by atoms with Gasteiger partial charge in [-0.2, -0.15) is 18.2 Å². The van der Waals surface area contributed by atoms with E-state index in [9.17, 15) is 26.3 Å². The molecule has 0 amide bonds. The van der Waals surface area contributed by atoms with Gasteiger partial charge >= 0.3 is 77.6 Å². The molecule has 0 fully saturated rings. The molecule has 0 N–H and O–H groups in total. The molecule has 0 unspecified atom stereocenters. The molecule has 0 saturated heterocycles. The molecule has 0 atom stereocenters. The largest absolute Gasteiger partial charge is 4.00 e. The second-order valence-electron chi connectivity index (χ2n) is 7.20. The Morgan fingerprint density at radius 2 is 0.750 bits per heavy atom. The van der Waals surface area contributed by atoms with Gasteiger partial charge in [0, 0.05) is 0 Å². The van der Waals surface area contributed by atoms with Crippen LogP contribution in [0.15, 0.2) is 30.3 Å². The minimum absolute atomic E-state index is 0. The molecule has 3 nitrogen and oxygen atoms in total. The molecule has 36 heavy (non-hydrogen) atoms. The minimum Gasteiger partial charge on any atom is -0.214 e. The Labute approximate surface area is 242 Å². The summed E-state index contributed by atoms with van der Waals surface area (Å²) >= 11 is -4.06. The Morgan fingerprint density at radius 1 is 0.528 bits per heavy atom. The van der Waals surface area contributed by atoms with Crippen molar-refractivity contribution in [2.45, 2.75) is 90.1 Å². The molecular weight excluding hydrogens is 707 g/mol. The maximum atomic E-state index is 10.9. The van der Waals surface area contributed by atoms with Crippen LogP contribution in [0.5, 0.6) is 0 Å². The van der Waals surface area contributed by atoms with Gasteiger partial charge in [-0.3, -0.25) is 0 Å². The van der Waals surface area contributed by atoms with Crippen LogP contribution in [0.2, 0.25) is 0 Å². The summed E-state index contributed by atoms with van der Waals surface area (Å²) in [5, 5.41) is 2.66. The van der Waals surface area contributed by atoms with E-state index in [1.807, 2.05) is 30.3 Å². The minimum atomic E-state index is -4.98. The zero-order valence-electron chi connectivity index (χ0n) is 23.1. The third kappa shape index (κ3) is 70.0. The van der Waals surface area contributed by atoms with Gasteiger partial charge in [0.2, 0.25) is 0 Å². The van der Waals surface area contributed by atoms with Crippen LogP contribution in [0.25, 0.3) is 16.0 Å². The van der Waals surface area contributed by atoms with E-state index in [0.717, 1.165) is 39.3 Å². The van der Waals surface area contributed by atoms with E-state index in [1.54, 1.807) is 0 Å². The van der Waals surface area contributed by atoms with Crippen LogP contribution in [-0.2, 0) is 25.8 Å². The molecule has 0 heterocycles. The Balaban J connectivity index is -0.000000111. The summed E-state index contributed by atoms with van der Waals surface area (Å²) < 4.78 is 65.4. The molecule has 0 aliphatic rings. The van der Waals surface area contributed by atoms with Crippen molar-refractivity contribution in [2.24, 2.45) is 0 Å². The van der Waals surface area contributed by atoms with Crippen LogP contribution in [0.1, 0.15) is 80.1 Å². The first-order valence-corrected chi connectivity index (χ1v) is 14.9. The van der Waals surface area contributed by atoms with Gasteiger partial charge in [-0.15, -0.1) is 39.3 Å². The summed E-state index contributed by atoms with van der Waals surface area (Å²) in [5.74, 6) is 0. The molecule has 1 rings (SSSR count). The van der Waals surface area contributed by atoms with Crippen molar-refractivity contribution >= 4 is 15.4 Å². The quantitative estimate of drug-likeness (QED) is 0.0884. The fourth-order valence-corrected chi connectivity index (χ4v) is 2.57. The first-order chi connectivity index (χ1) is 16.4. The molecule has 1 aromatic carbocycles. The van der Waals surface area contributed by atoms with Crippen LogP contribution >= 0.6 is 0 Å². The van der Waals surface area contributed by atoms with E-state index in [-0.39, 0.29) is 25.8 Å². The predicted molar refractivity (Wildman–Crippen MR) is 142 cm³/mol. The van der Waals surface area contributed by atoms with Crippen LogP contribution in [0, 0.1) is 0 Å². The average molecular weight is 756 g/mol. The summed E-state index contributed by atoms with van der Waals surface area (Å²) in [6.45, 7) is 19.2.